The van der Waals surface area contributed by atoms with E-state index in [1.165, 1.54) is 12.1 Å². The molecule has 0 saturated carbocycles. The minimum absolute atomic E-state index is 0.546. The molecular formula is C15H13F3O2. The van der Waals surface area contributed by atoms with E-state index >= 15 is 0 Å². The molecule has 5 heteroatoms. The number of aryl methyl sites for hydroxylation is 2. The van der Waals surface area contributed by atoms with Gasteiger partial charge in [-0.25, -0.2) is 0 Å². The molecule has 0 spiro atoms. The molecule has 2 aromatic rings. The van der Waals surface area contributed by atoms with Gasteiger partial charge >= 0.3 is 6.36 Å². The number of hydrogen-bond acceptors (Lipinski definition) is 2. The van der Waals surface area contributed by atoms with Crippen molar-refractivity contribution in [2.45, 2.75) is 20.2 Å². The number of hydrogen-bond donors (Lipinski definition) is 1. The Kier molecular flexibility index (Phi) is 3.61. The van der Waals surface area contributed by atoms with E-state index in [-0.39, 0.29) is 0 Å². The molecule has 0 aliphatic rings. The van der Waals surface area contributed by atoms with Crippen molar-refractivity contribution in [1.82, 2.24) is 0 Å². The molecule has 0 aliphatic carbocycles. The number of aromatic hydroxyl groups is 1. The molecule has 2 nitrogen and oxygen atoms in total. The van der Waals surface area contributed by atoms with Crippen molar-refractivity contribution < 1.29 is 23.0 Å². The van der Waals surface area contributed by atoms with Crippen LogP contribution in [0.3, 0.4) is 0 Å². The molecule has 0 aromatic heterocycles. The largest absolute Gasteiger partial charge is 0.573 e. The lowest BCUT2D eigenvalue weighted by molar-refractivity contribution is -0.275. The maximum Gasteiger partial charge on any atom is 0.573 e. The van der Waals surface area contributed by atoms with Gasteiger partial charge in [-0.15, -0.1) is 13.2 Å². The van der Waals surface area contributed by atoms with E-state index in [2.05, 4.69) is 4.74 Å². The molecule has 0 amide bonds. The first kappa shape index (κ1) is 14.2. The highest BCUT2D eigenvalue weighted by Crippen LogP contribution is 2.35. The zero-order chi connectivity index (χ0) is 14.9. The molecule has 1 N–H and O–H groups in total. The maximum atomic E-state index is 12.3. The Balaban J connectivity index is 2.45. The van der Waals surface area contributed by atoms with Gasteiger partial charge in [0.1, 0.15) is 0 Å². The van der Waals surface area contributed by atoms with Gasteiger partial charge in [0.05, 0.1) is 0 Å². The molecule has 0 heterocycles. The minimum Gasteiger partial charge on any atom is -0.504 e. The van der Waals surface area contributed by atoms with Gasteiger partial charge in [0.2, 0.25) is 0 Å². The summed E-state index contributed by atoms with van der Waals surface area (Å²) in [5.41, 5.74) is 3.33. The summed E-state index contributed by atoms with van der Waals surface area (Å²) in [6, 6.07) is 9.60. The fourth-order valence-electron chi connectivity index (χ4n) is 2.04. The monoisotopic (exact) mass is 282 g/mol. The van der Waals surface area contributed by atoms with Gasteiger partial charge < -0.3 is 9.84 Å². The zero-order valence-electron chi connectivity index (χ0n) is 11.0. The van der Waals surface area contributed by atoms with Gasteiger partial charge in [-0.1, -0.05) is 35.4 Å². The zero-order valence-corrected chi connectivity index (χ0v) is 11.0. The lowest BCUT2D eigenvalue weighted by Gasteiger charge is -2.12. The van der Waals surface area contributed by atoms with Gasteiger partial charge in [-0.2, -0.15) is 0 Å². The van der Waals surface area contributed by atoms with Crippen LogP contribution in [0.25, 0.3) is 11.1 Å². The van der Waals surface area contributed by atoms with E-state index in [0.717, 1.165) is 16.7 Å². The summed E-state index contributed by atoms with van der Waals surface area (Å²) in [4.78, 5) is 0. The molecule has 0 radical (unpaired) electrons. The molecule has 0 aliphatic heterocycles. The Hall–Kier alpha value is -2.17. The summed E-state index contributed by atoms with van der Waals surface area (Å²) < 4.78 is 40.6. The molecule has 0 fully saturated rings. The Labute approximate surface area is 114 Å². The first-order valence-corrected chi connectivity index (χ1v) is 5.92. The van der Waals surface area contributed by atoms with E-state index in [4.69, 9.17) is 0 Å². The number of rotatable bonds is 2. The molecule has 2 aromatic carbocycles. The molecule has 106 valence electrons. The molecule has 2 rings (SSSR count). The van der Waals surface area contributed by atoms with Crippen LogP contribution in [0.4, 0.5) is 13.2 Å². The first-order valence-electron chi connectivity index (χ1n) is 5.92. The predicted molar refractivity (Wildman–Crippen MR) is 69.7 cm³/mol. The topological polar surface area (TPSA) is 29.5 Å². The number of phenolic OH excluding ortho intramolecular Hbond substituents is 1. The Morgan fingerprint density at radius 1 is 0.900 bits per heavy atom. The van der Waals surface area contributed by atoms with Crippen LogP contribution < -0.4 is 4.74 Å². The highest BCUT2D eigenvalue weighted by molar-refractivity contribution is 5.68. The van der Waals surface area contributed by atoms with Gasteiger partial charge in [0.15, 0.2) is 11.5 Å². The minimum atomic E-state index is -4.83. The smallest absolute Gasteiger partial charge is 0.504 e. The van der Waals surface area contributed by atoms with Gasteiger partial charge in [-0.05, 0) is 37.1 Å². The van der Waals surface area contributed by atoms with E-state index in [1.54, 1.807) is 6.07 Å². The highest BCUT2D eigenvalue weighted by atomic mass is 19.4. The van der Waals surface area contributed by atoms with Crippen molar-refractivity contribution in [2.24, 2.45) is 0 Å². The van der Waals surface area contributed by atoms with Crippen molar-refractivity contribution in [3.8, 4) is 22.6 Å². The second-order valence-electron chi connectivity index (χ2n) is 4.61. The second-order valence-corrected chi connectivity index (χ2v) is 4.61. The summed E-state index contributed by atoms with van der Waals surface area (Å²) in [5, 5.41) is 9.43. The van der Waals surface area contributed by atoms with E-state index < -0.39 is 17.9 Å². The molecule has 20 heavy (non-hydrogen) atoms. The lowest BCUT2D eigenvalue weighted by Crippen LogP contribution is -2.17. The van der Waals surface area contributed by atoms with Crippen LogP contribution in [-0.4, -0.2) is 11.5 Å². The molecule has 0 unspecified atom stereocenters. The number of alkyl halides is 3. The van der Waals surface area contributed by atoms with Crippen LogP contribution in [0.5, 0.6) is 11.5 Å². The van der Waals surface area contributed by atoms with Gasteiger partial charge in [0.25, 0.3) is 0 Å². The summed E-state index contributed by atoms with van der Waals surface area (Å²) in [5.74, 6) is -1.15. The molecule has 0 bridgehead atoms. The van der Waals surface area contributed by atoms with Crippen LogP contribution in [0.1, 0.15) is 11.1 Å². The van der Waals surface area contributed by atoms with Crippen molar-refractivity contribution in [3.05, 3.63) is 47.5 Å². The Morgan fingerprint density at radius 3 is 2.05 bits per heavy atom. The van der Waals surface area contributed by atoms with Crippen molar-refractivity contribution in [1.29, 1.82) is 0 Å². The maximum absolute atomic E-state index is 12.3. The Bertz CT molecular complexity index is 613. The SMILES string of the molecule is Cc1cc(C)cc(-c2ccc(O)c(OC(F)(F)F)c2)c1. The number of phenols is 1. The first-order chi connectivity index (χ1) is 9.24. The van der Waals surface area contributed by atoms with E-state index in [0.29, 0.717) is 5.56 Å². The van der Waals surface area contributed by atoms with Crippen LogP contribution in [0, 0.1) is 13.8 Å². The van der Waals surface area contributed by atoms with Crippen LogP contribution in [0.15, 0.2) is 36.4 Å². The third kappa shape index (κ3) is 3.44. The summed E-state index contributed by atoms with van der Waals surface area (Å²) in [6.45, 7) is 3.81. The molecule has 0 saturated heterocycles. The lowest BCUT2D eigenvalue weighted by atomic mass is 10.0. The van der Waals surface area contributed by atoms with E-state index in [9.17, 15) is 18.3 Å². The molecular weight excluding hydrogens is 269 g/mol. The fraction of sp³-hybridized carbons (Fsp3) is 0.200. The number of halogens is 3. The van der Waals surface area contributed by atoms with Crippen LogP contribution in [-0.2, 0) is 0 Å². The Morgan fingerprint density at radius 2 is 1.50 bits per heavy atom. The van der Waals surface area contributed by atoms with Gasteiger partial charge in [0, 0.05) is 0 Å². The number of ether oxygens (including phenoxy) is 1. The fourth-order valence-corrected chi connectivity index (χ4v) is 2.04. The number of benzene rings is 2. The third-order valence-corrected chi connectivity index (χ3v) is 2.74. The van der Waals surface area contributed by atoms with Crippen LogP contribution in [0.2, 0.25) is 0 Å². The summed E-state index contributed by atoms with van der Waals surface area (Å²) in [6.07, 6.45) is -4.83. The quantitative estimate of drug-likeness (QED) is 0.874. The van der Waals surface area contributed by atoms with Crippen molar-refractivity contribution in [2.75, 3.05) is 0 Å². The second kappa shape index (κ2) is 5.07. The highest BCUT2D eigenvalue weighted by Gasteiger charge is 2.32. The van der Waals surface area contributed by atoms with Crippen molar-refractivity contribution >= 4 is 0 Å². The van der Waals surface area contributed by atoms with Gasteiger partial charge in [-0.3, -0.25) is 0 Å². The normalized spacial score (nSPS) is 11.4. The average molecular weight is 282 g/mol. The third-order valence-electron chi connectivity index (χ3n) is 2.74. The van der Waals surface area contributed by atoms with E-state index in [1.807, 2.05) is 32.0 Å². The summed E-state index contributed by atoms with van der Waals surface area (Å²) in [7, 11) is 0. The standard InChI is InChI=1S/C15H13F3O2/c1-9-5-10(2)7-12(6-9)11-3-4-13(19)14(8-11)20-15(16,17)18/h3-8,19H,1-2H3. The molecule has 0 atom stereocenters. The summed E-state index contributed by atoms with van der Waals surface area (Å²) >= 11 is 0. The average Bonchev–Trinajstić information content (AvgIpc) is 2.29. The van der Waals surface area contributed by atoms with Crippen molar-refractivity contribution in [3.63, 3.8) is 0 Å². The van der Waals surface area contributed by atoms with Crippen LogP contribution >= 0.6 is 0 Å². The predicted octanol–water partition coefficient (Wildman–Crippen LogP) is 4.57.